The molecule has 0 radical (unpaired) electrons. The molecule has 0 aromatic carbocycles. The van der Waals surface area contributed by atoms with E-state index in [2.05, 4.69) is 11.9 Å². The topological polar surface area (TPSA) is 54.6 Å². The number of fused-ring (bicyclic) bond motifs is 1. The van der Waals surface area contributed by atoms with Crippen molar-refractivity contribution < 1.29 is 9.90 Å². The first-order chi connectivity index (χ1) is 11.6. The molecule has 2 saturated carbocycles. The van der Waals surface area contributed by atoms with Crippen molar-refractivity contribution >= 4 is 40.7 Å². The summed E-state index contributed by atoms with van der Waals surface area (Å²) in [5.41, 5.74) is 2.58. The second kappa shape index (κ2) is 6.23. The number of hydrogen-bond acceptors (Lipinski definition) is 4. The van der Waals surface area contributed by atoms with Gasteiger partial charge in [0, 0.05) is 11.8 Å². The van der Waals surface area contributed by atoms with E-state index >= 15 is 0 Å². The molecule has 1 aromatic heterocycles. The minimum atomic E-state index is -0.197. The van der Waals surface area contributed by atoms with Crippen LogP contribution < -0.4 is 0 Å². The molecule has 0 spiro atoms. The molecule has 1 aromatic rings. The van der Waals surface area contributed by atoms with Crippen LogP contribution in [0.15, 0.2) is 10.6 Å². The molecule has 1 N–H and O–H groups in total. The predicted molar refractivity (Wildman–Crippen MR) is 99.3 cm³/mol. The van der Waals surface area contributed by atoms with Gasteiger partial charge < -0.3 is 5.11 Å². The summed E-state index contributed by atoms with van der Waals surface area (Å²) in [6.45, 7) is 2.26. The average molecular weight is 363 g/mol. The van der Waals surface area contributed by atoms with E-state index in [1.54, 1.807) is 0 Å². The van der Waals surface area contributed by atoms with Crippen LogP contribution in [0.3, 0.4) is 0 Å². The van der Waals surface area contributed by atoms with E-state index in [0.717, 1.165) is 49.8 Å². The maximum Gasteiger partial charge on any atom is 0.279 e. The summed E-state index contributed by atoms with van der Waals surface area (Å²) < 4.78 is 2.57. The Hall–Kier alpha value is -1.27. The molecule has 128 valence electrons. The van der Waals surface area contributed by atoms with Crippen LogP contribution in [0, 0.1) is 9.87 Å². The highest BCUT2D eigenvalue weighted by molar-refractivity contribution is 7.73. The number of carbonyl (C=O) groups excluding carboxylic acids is 1. The van der Waals surface area contributed by atoms with Crippen molar-refractivity contribution in [2.45, 2.75) is 64.3 Å². The van der Waals surface area contributed by atoms with Crippen LogP contribution in [-0.4, -0.2) is 21.3 Å². The van der Waals surface area contributed by atoms with Crippen LogP contribution >= 0.6 is 23.6 Å². The van der Waals surface area contributed by atoms with Gasteiger partial charge in [0.05, 0.1) is 5.57 Å². The van der Waals surface area contributed by atoms with E-state index < -0.39 is 0 Å². The van der Waals surface area contributed by atoms with Gasteiger partial charge in [-0.2, -0.15) is 0 Å². The van der Waals surface area contributed by atoms with Crippen LogP contribution in [0.1, 0.15) is 69.2 Å². The third kappa shape index (κ3) is 2.60. The molecule has 2 unspecified atom stereocenters. The zero-order valence-electron chi connectivity index (χ0n) is 13.9. The number of nitrogens with zero attached hydrogens (tertiary/aromatic N) is 2. The first kappa shape index (κ1) is 16.2. The smallest absolute Gasteiger partial charge is 0.279 e. The summed E-state index contributed by atoms with van der Waals surface area (Å²) >= 11 is 6.92. The average Bonchev–Trinajstić information content (AvgIpc) is 3.02. The van der Waals surface area contributed by atoms with Gasteiger partial charge in [-0.15, -0.1) is 11.3 Å². The van der Waals surface area contributed by atoms with Gasteiger partial charge in [-0.3, -0.25) is 9.36 Å². The molecule has 1 amide bonds. The number of aromatic hydroxyl groups is 1. The summed E-state index contributed by atoms with van der Waals surface area (Å²) in [5.74, 6) is 0.636. The number of aromatic nitrogens is 1. The number of allylic oxidation sites excluding steroid dienone is 1. The first-order valence-corrected chi connectivity index (χ1v) is 10.1. The van der Waals surface area contributed by atoms with Crippen molar-refractivity contribution in [3.8, 4) is 5.88 Å². The summed E-state index contributed by atoms with van der Waals surface area (Å²) in [7, 11) is 0. The van der Waals surface area contributed by atoms with Crippen LogP contribution in [0.25, 0.3) is 5.57 Å². The summed E-state index contributed by atoms with van der Waals surface area (Å²) in [5, 5.41) is 10.9. The maximum atomic E-state index is 12.4. The van der Waals surface area contributed by atoms with Gasteiger partial charge in [0.15, 0.2) is 3.95 Å². The standard InChI is InChI=1S/C18H22N2O2S2/c1-10-5-4-6-11(9-10)20-17(22)15(24-18(20)23)14-12-7-2-3-8-13(12)19-16(14)21/h10-11,22H,2-9H2,1H3. The van der Waals surface area contributed by atoms with E-state index in [1.807, 2.05) is 4.57 Å². The fourth-order valence-electron chi connectivity index (χ4n) is 4.32. The van der Waals surface area contributed by atoms with Crippen LogP contribution in [0.4, 0.5) is 0 Å². The van der Waals surface area contributed by atoms with Crippen molar-refractivity contribution in [1.29, 1.82) is 0 Å². The van der Waals surface area contributed by atoms with Gasteiger partial charge in [-0.1, -0.05) is 19.8 Å². The molecule has 4 rings (SSSR count). The Labute approximate surface area is 150 Å². The zero-order valence-corrected chi connectivity index (χ0v) is 15.5. The molecular formula is C18H22N2O2S2. The molecule has 0 saturated heterocycles. The number of aliphatic imine (C=N–C) groups is 1. The lowest BCUT2D eigenvalue weighted by molar-refractivity contribution is -0.112. The highest BCUT2D eigenvalue weighted by Crippen LogP contribution is 2.44. The monoisotopic (exact) mass is 362 g/mol. The van der Waals surface area contributed by atoms with Crippen LogP contribution in [0.2, 0.25) is 0 Å². The molecule has 1 aliphatic heterocycles. The summed E-state index contributed by atoms with van der Waals surface area (Å²) in [6.07, 6.45) is 8.42. The Bertz CT molecular complexity index is 815. The summed E-state index contributed by atoms with van der Waals surface area (Å²) in [6, 6.07) is 0.250. The largest absolute Gasteiger partial charge is 0.493 e. The molecule has 4 nitrogen and oxygen atoms in total. The quantitative estimate of drug-likeness (QED) is 0.750. The Morgan fingerprint density at radius 3 is 2.83 bits per heavy atom. The SMILES string of the molecule is CC1CCCC(n2c(O)c(C3=C4CCCCC4=NC3=O)sc2=S)C1. The Balaban J connectivity index is 1.77. The van der Waals surface area contributed by atoms with Gasteiger partial charge in [-0.25, -0.2) is 4.99 Å². The Kier molecular flexibility index (Phi) is 4.21. The molecular weight excluding hydrogens is 340 g/mol. The number of hydrogen-bond donors (Lipinski definition) is 1. The lowest BCUT2D eigenvalue weighted by Crippen LogP contribution is -2.17. The fraction of sp³-hybridized carbons (Fsp3) is 0.611. The van der Waals surface area contributed by atoms with Crippen molar-refractivity contribution in [3.05, 3.63) is 14.4 Å². The summed E-state index contributed by atoms with van der Waals surface area (Å²) in [4.78, 5) is 17.3. The Morgan fingerprint density at radius 1 is 1.25 bits per heavy atom. The van der Waals surface area contributed by atoms with Crippen LogP contribution in [-0.2, 0) is 4.79 Å². The van der Waals surface area contributed by atoms with Gasteiger partial charge in [0.2, 0.25) is 5.88 Å². The third-order valence-corrected chi connectivity index (χ3v) is 6.92. The van der Waals surface area contributed by atoms with E-state index in [0.29, 0.717) is 20.3 Å². The van der Waals surface area contributed by atoms with Gasteiger partial charge >= 0.3 is 0 Å². The van der Waals surface area contributed by atoms with Crippen molar-refractivity contribution in [2.24, 2.45) is 10.9 Å². The van der Waals surface area contributed by atoms with Gasteiger partial charge in [0.1, 0.15) is 4.88 Å². The van der Waals surface area contributed by atoms with Crippen LogP contribution in [0.5, 0.6) is 5.88 Å². The lowest BCUT2D eigenvalue weighted by atomic mass is 9.87. The molecule has 24 heavy (non-hydrogen) atoms. The van der Waals surface area contributed by atoms with Gasteiger partial charge in [0.25, 0.3) is 5.91 Å². The number of carbonyl (C=O) groups is 1. The zero-order chi connectivity index (χ0) is 16.8. The second-order valence-corrected chi connectivity index (χ2v) is 8.88. The maximum absolute atomic E-state index is 12.4. The van der Waals surface area contributed by atoms with E-state index in [-0.39, 0.29) is 17.8 Å². The first-order valence-electron chi connectivity index (χ1n) is 8.86. The molecule has 0 bridgehead atoms. The highest BCUT2D eigenvalue weighted by atomic mass is 32.1. The molecule has 2 aliphatic carbocycles. The molecule has 2 heterocycles. The molecule has 3 aliphatic rings. The minimum Gasteiger partial charge on any atom is -0.493 e. The fourth-order valence-corrected chi connectivity index (χ4v) is 5.82. The predicted octanol–water partition coefficient (Wildman–Crippen LogP) is 5.04. The Morgan fingerprint density at radius 2 is 2.04 bits per heavy atom. The number of rotatable bonds is 2. The molecule has 6 heteroatoms. The van der Waals surface area contributed by atoms with Crippen molar-refractivity contribution in [3.63, 3.8) is 0 Å². The highest BCUT2D eigenvalue weighted by Gasteiger charge is 2.34. The normalized spacial score (nSPS) is 27.4. The van der Waals surface area contributed by atoms with Crippen molar-refractivity contribution in [1.82, 2.24) is 4.57 Å². The minimum absolute atomic E-state index is 0.182. The molecule has 2 atom stereocenters. The second-order valence-electron chi connectivity index (χ2n) is 7.24. The van der Waals surface area contributed by atoms with Gasteiger partial charge in [-0.05, 0) is 62.2 Å². The van der Waals surface area contributed by atoms with E-state index in [9.17, 15) is 9.90 Å². The number of thiazole rings is 1. The lowest BCUT2D eigenvalue weighted by Gasteiger charge is -2.28. The van der Waals surface area contributed by atoms with E-state index in [1.165, 1.54) is 24.2 Å². The van der Waals surface area contributed by atoms with Crippen molar-refractivity contribution in [2.75, 3.05) is 0 Å². The van der Waals surface area contributed by atoms with E-state index in [4.69, 9.17) is 12.2 Å². The molecule has 2 fully saturated rings. The third-order valence-electron chi connectivity index (χ3n) is 5.51. The number of amides is 1.